The molecule has 33 heavy (non-hydrogen) atoms. The average Bonchev–Trinajstić information content (AvgIpc) is 2.81. The molecule has 9 nitrogen and oxygen atoms in total. The van der Waals surface area contributed by atoms with Crippen LogP contribution in [0.3, 0.4) is 0 Å². The number of nitro groups is 1. The third-order valence-electron chi connectivity index (χ3n) is 5.39. The highest BCUT2D eigenvalue weighted by molar-refractivity contribution is 8.00. The van der Waals surface area contributed by atoms with E-state index in [0.29, 0.717) is 16.9 Å². The average molecular weight is 468 g/mol. The Labute approximate surface area is 193 Å². The molecule has 0 spiro atoms. The van der Waals surface area contributed by atoms with E-state index < -0.39 is 16.9 Å². The molecule has 2 heterocycles. The number of β-lactam (4-membered cyclic amide) rings is 1. The van der Waals surface area contributed by atoms with Crippen molar-refractivity contribution in [2.75, 3.05) is 5.75 Å². The number of esters is 1. The second kappa shape index (κ2) is 9.45. The number of nitrogens with one attached hydrogen (secondary N) is 1. The summed E-state index contributed by atoms with van der Waals surface area (Å²) < 4.78 is 5.38. The van der Waals surface area contributed by atoms with Crippen molar-refractivity contribution in [3.8, 4) is 0 Å². The molecule has 2 atom stereocenters. The SMILES string of the molecule is CC1=C(C(=O)OCc2ccc([N+](=O)[O-])cc2)N2C(=O)[C@@H](NC(=O)Cc3ccccc3)[C@@H]2SC1. The molecule has 2 aromatic carbocycles. The zero-order valence-electron chi connectivity index (χ0n) is 17.7. The molecule has 170 valence electrons. The molecule has 0 aliphatic carbocycles. The van der Waals surface area contributed by atoms with Crippen LogP contribution in [0.4, 0.5) is 5.69 Å². The van der Waals surface area contributed by atoms with Crippen LogP contribution in [0.1, 0.15) is 18.1 Å². The van der Waals surface area contributed by atoms with Gasteiger partial charge in [-0.1, -0.05) is 30.3 Å². The fourth-order valence-corrected chi connectivity index (χ4v) is 4.99. The minimum atomic E-state index is -0.697. The van der Waals surface area contributed by atoms with Crippen molar-refractivity contribution in [3.63, 3.8) is 0 Å². The lowest BCUT2D eigenvalue weighted by molar-refractivity contribution is -0.384. The molecule has 0 aromatic heterocycles. The number of non-ortho nitro benzene ring substituents is 1. The first-order valence-electron chi connectivity index (χ1n) is 10.2. The van der Waals surface area contributed by atoms with Gasteiger partial charge < -0.3 is 10.1 Å². The summed E-state index contributed by atoms with van der Waals surface area (Å²) in [6.45, 7) is 1.69. The smallest absolute Gasteiger partial charge is 0.355 e. The van der Waals surface area contributed by atoms with E-state index in [9.17, 15) is 24.5 Å². The zero-order chi connectivity index (χ0) is 23.5. The fraction of sp³-hybridized carbons (Fsp3) is 0.261. The molecular formula is C23H21N3O6S. The van der Waals surface area contributed by atoms with Gasteiger partial charge in [0.2, 0.25) is 5.91 Å². The van der Waals surface area contributed by atoms with Gasteiger partial charge in [-0.2, -0.15) is 0 Å². The highest BCUT2D eigenvalue weighted by Crippen LogP contribution is 2.40. The number of hydrogen-bond acceptors (Lipinski definition) is 7. The van der Waals surface area contributed by atoms with E-state index in [0.717, 1.165) is 5.56 Å². The first kappa shape index (κ1) is 22.5. The van der Waals surface area contributed by atoms with Crippen LogP contribution >= 0.6 is 11.8 Å². The summed E-state index contributed by atoms with van der Waals surface area (Å²) in [5.41, 5.74) is 2.30. The Morgan fingerprint density at radius 2 is 1.85 bits per heavy atom. The molecule has 2 aromatic rings. The van der Waals surface area contributed by atoms with E-state index in [1.54, 1.807) is 6.92 Å². The third kappa shape index (κ3) is 4.75. The molecule has 2 aliphatic rings. The van der Waals surface area contributed by atoms with Crippen LogP contribution in [-0.2, 0) is 32.1 Å². The second-order valence-corrected chi connectivity index (χ2v) is 8.85. The Kier molecular flexibility index (Phi) is 6.45. The van der Waals surface area contributed by atoms with Gasteiger partial charge >= 0.3 is 5.97 Å². The van der Waals surface area contributed by atoms with Crippen LogP contribution in [0, 0.1) is 10.1 Å². The summed E-state index contributed by atoms with van der Waals surface area (Å²) in [4.78, 5) is 49.6. The van der Waals surface area contributed by atoms with E-state index in [-0.39, 0.29) is 41.6 Å². The van der Waals surface area contributed by atoms with Crippen molar-refractivity contribution >= 4 is 35.2 Å². The van der Waals surface area contributed by atoms with Gasteiger partial charge in [-0.15, -0.1) is 11.8 Å². The predicted molar refractivity (Wildman–Crippen MR) is 121 cm³/mol. The zero-order valence-corrected chi connectivity index (χ0v) is 18.5. The maximum Gasteiger partial charge on any atom is 0.355 e. The van der Waals surface area contributed by atoms with Crippen molar-refractivity contribution in [2.24, 2.45) is 0 Å². The number of thioether (sulfide) groups is 1. The van der Waals surface area contributed by atoms with Gasteiger partial charge in [-0.25, -0.2) is 4.79 Å². The lowest BCUT2D eigenvalue weighted by Crippen LogP contribution is -2.70. The molecule has 10 heteroatoms. The number of nitro benzene ring substituents is 1. The molecule has 4 rings (SSSR count). The molecule has 0 unspecified atom stereocenters. The number of ether oxygens (including phenoxy) is 1. The van der Waals surface area contributed by atoms with Crippen LogP contribution in [0.25, 0.3) is 0 Å². The van der Waals surface area contributed by atoms with Crippen molar-refractivity contribution in [3.05, 3.63) is 87.1 Å². The van der Waals surface area contributed by atoms with Crippen LogP contribution < -0.4 is 5.32 Å². The van der Waals surface area contributed by atoms with Gasteiger partial charge in [-0.3, -0.25) is 24.6 Å². The Morgan fingerprint density at radius 1 is 1.15 bits per heavy atom. The third-order valence-corrected chi connectivity index (χ3v) is 6.82. The fourth-order valence-electron chi connectivity index (χ4n) is 3.70. The summed E-state index contributed by atoms with van der Waals surface area (Å²) in [6, 6.07) is 14.2. The largest absolute Gasteiger partial charge is 0.456 e. The van der Waals surface area contributed by atoms with E-state index in [1.165, 1.54) is 40.9 Å². The van der Waals surface area contributed by atoms with E-state index >= 15 is 0 Å². The van der Waals surface area contributed by atoms with Crippen LogP contribution in [0.2, 0.25) is 0 Å². The van der Waals surface area contributed by atoms with Gasteiger partial charge in [0.1, 0.15) is 23.7 Å². The summed E-state index contributed by atoms with van der Waals surface area (Å²) in [5, 5.41) is 13.2. The minimum Gasteiger partial charge on any atom is -0.456 e. The lowest BCUT2D eigenvalue weighted by Gasteiger charge is -2.49. The Morgan fingerprint density at radius 3 is 2.52 bits per heavy atom. The Bertz CT molecular complexity index is 1130. The van der Waals surface area contributed by atoms with Gasteiger partial charge in [0.15, 0.2) is 0 Å². The number of hydrogen-bond donors (Lipinski definition) is 1. The molecule has 1 fully saturated rings. The maximum absolute atomic E-state index is 12.8. The number of carbonyl (C=O) groups excluding carboxylic acids is 3. The van der Waals surface area contributed by atoms with Crippen LogP contribution in [0.5, 0.6) is 0 Å². The van der Waals surface area contributed by atoms with Crippen LogP contribution in [-0.4, -0.2) is 44.8 Å². The van der Waals surface area contributed by atoms with Crippen molar-refractivity contribution < 1.29 is 24.0 Å². The molecule has 0 bridgehead atoms. The van der Waals surface area contributed by atoms with Crippen LogP contribution in [0.15, 0.2) is 65.9 Å². The van der Waals surface area contributed by atoms with E-state index in [4.69, 9.17) is 4.74 Å². The summed E-state index contributed by atoms with van der Waals surface area (Å²) in [5.74, 6) is -0.719. The van der Waals surface area contributed by atoms with Gasteiger partial charge in [0.05, 0.1) is 11.3 Å². The molecule has 2 aliphatic heterocycles. The molecule has 1 saturated heterocycles. The monoisotopic (exact) mass is 467 g/mol. The maximum atomic E-state index is 12.8. The Hall–Kier alpha value is -3.66. The molecule has 2 amide bonds. The van der Waals surface area contributed by atoms with Crippen molar-refractivity contribution in [2.45, 2.75) is 31.4 Å². The van der Waals surface area contributed by atoms with Crippen molar-refractivity contribution in [1.29, 1.82) is 0 Å². The standard InChI is InChI=1S/C23H21N3O6S/c1-14-13-33-22-19(24-18(27)11-15-5-3-2-4-6-15)21(28)25(22)20(14)23(29)32-12-16-7-9-17(10-8-16)26(30)31/h2-10,19,22H,11-13H2,1H3,(H,24,27)/t19-,22+/m1/s1. The first-order valence-corrected chi connectivity index (χ1v) is 11.3. The molecule has 0 saturated carbocycles. The highest BCUT2D eigenvalue weighted by atomic mass is 32.2. The summed E-state index contributed by atoms with van der Waals surface area (Å²) in [6.07, 6.45) is 0.168. The quantitative estimate of drug-likeness (QED) is 0.288. The summed E-state index contributed by atoms with van der Waals surface area (Å²) >= 11 is 1.48. The van der Waals surface area contributed by atoms with Gasteiger partial charge in [-0.05, 0) is 35.8 Å². The highest BCUT2D eigenvalue weighted by Gasteiger charge is 2.53. The van der Waals surface area contributed by atoms with E-state index in [2.05, 4.69) is 5.32 Å². The second-order valence-electron chi connectivity index (χ2n) is 7.75. The van der Waals surface area contributed by atoms with Crippen molar-refractivity contribution in [1.82, 2.24) is 10.2 Å². The number of nitrogens with zero attached hydrogens (tertiary/aromatic N) is 2. The number of rotatable bonds is 7. The van der Waals surface area contributed by atoms with E-state index in [1.807, 2.05) is 30.3 Å². The molecular weight excluding hydrogens is 446 g/mol. The number of carbonyl (C=O) groups is 3. The normalized spacial score (nSPS) is 19.4. The topological polar surface area (TPSA) is 119 Å². The minimum absolute atomic E-state index is 0.0534. The lowest BCUT2D eigenvalue weighted by atomic mass is 10.0. The summed E-state index contributed by atoms with van der Waals surface area (Å²) in [7, 11) is 0. The number of fused-ring (bicyclic) bond motifs is 1. The number of benzene rings is 2. The predicted octanol–water partition coefficient (Wildman–Crippen LogP) is 2.55. The molecule has 1 N–H and O–H groups in total. The number of amides is 2. The first-order chi connectivity index (χ1) is 15.8. The molecule has 0 radical (unpaired) electrons. The Balaban J connectivity index is 1.37. The van der Waals surface area contributed by atoms with Gasteiger partial charge in [0, 0.05) is 17.9 Å². The van der Waals surface area contributed by atoms with Gasteiger partial charge in [0.25, 0.3) is 11.6 Å².